The number of esters is 1. The monoisotopic (exact) mass is 468 g/mol. The fraction of sp³-hybridized carbons (Fsp3) is 0.567. The largest absolute Gasteiger partial charge is 0.455 e. The van der Waals surface area contributed by atoms with Gasteiger partial charge in [0.15, 0.2) is 6.04 Å². The zero-order valence-electron chi connectivity index (χ0n) is 22.1. The van der Waals surface area contributed by atoms with E-state index < -0.39 is 6.29 Å². The molecule has 2 aromatic rings. The van der Waals surface area contributed by atoms with E-state index in [0.29, 0.717) is 10.9 Å². The van der Waals surface area contributed by atoms with Gasteiger partial charge in [0, 0.05) is 18.9 Å². The van der Waals surface area contributed by atoms with Gasteiger partial charge in [-0.05, 0) is 30.5 Å². The molecule has 2 rings (SSSR count). The van der Waals surface area contributed by atoms with E-state index in [1.165, 1.54) is 56.1 Å². The topological polar surface area (TPSA) is 35.5 Å². The summed E-state index contributed by atoms with van der Waals surface area (Å²) in [6.45, 7) is 6.86. The van der Waals surface area contributed by atoms with Crippen LogP contribution in [-0.4, -0.2) is 36.9 Å². The highest BCUT2D eigenvalue weighted by molar-refractivity contribution is 5.74. The first-order chi connectivity index (χ1) is 16.4. The molecule has 0 saturated carbocycles. The average Bonchev–Trinajstić information content (AvgIpc) is 2.79. The summed E-state index contributed by atoms with van der Waals surface area (Å²) in [7, 11) is 4.17. The van der Waals surface area contributed by atoms with E-state index in [-0.39, 0.29) is 12.0 Å². The summed E-state index contributed by atoms with van der Waals surface area (Å²) in [5.41, 5.74) is 2.48. The quantitative estimate of drug-likeness (QED) is 0.112. The molecule has 0 saturated heterocycles. The summed E-state index contributed by atoms with van der Waals surface area (Å²) in [5, 5.41) is 0. The van der Waals surface area contributed by atoms with Gasteiger partial charge in [-0.3, -0.25) is 0 Å². The van der Waals surface area contributed by atoms with Crippen molar-refractivity contribution < 1.29 is 18.8 Å². The highest BCUT2D eigenvalue weighted by Gasteiger charge is 2.36. The summed E-state index contributed by atoms with van der Waals surface area (Å²) in [5.74, 6) is 0.544. The number of carbonyl (C=O) groups excluding carboxylic acids is 1. The Balaban J connectivity index is 1.83. The molecule has 0 radical (unpaired) electrons. The lowest BCUT2D eigenvalue weighted by molar-refractivity contribution is -0.919. The number of likely N-dealkylation sites (N-methyl/N-ethyl adjacent to an activating group) is 1. The summed E-state index contributed by atoms with van der Waals surface area (Å²) >= 11 is 0. The highest BCUT2D eigenvalue weighted by Crippen LogP contribution is 2.21. The van der Waals surface area contributed by atoms with Gasteiger partial charge in [0.2, 0.25) is 6.29 Å². The predicted octanol–water partition coefficient (Wildman–Crippen LogP) is 7.30. The fourth-order valence-corrected chi connectivity index (χ4v) is 4.63. The normalized spacial score (nSPS) is 13.3. The van der Waals surface area contributed by atoms with Crippen molar-refractivity contribution in [2.24, 2.45) is 0 Å². The van der Waals surface area contributed by atoms with Gasteiger partial charge in [0.25, 0.3) is 0 Å². The van der Waals surface area contributed by atoms with Gasteiger partial charge in [0.1, 0.15) is 12.3 Å². The SMILES string of the molecule is CCCCCCCCCc1cccc(OC(C)OC(=O)C(CC)[N+](C)(C)Cc2ccccc2)c1. The van der Waals surface area contributed by atoms with Gasteiger partial charge in [-0.15, -0.1) is 0 Å². The molecular weight excluding hydrogens is 422 g/mol. The molecule has 0 aliphatic carbocycles. The lowest BCUT2D eigenvalue weighted by Crippen LogP contribution is -2.53. The van der Waals surface area contributed by atoms with Gasteiger partial charge >= 0.3 is 5.97 Å². The maximum absolute atomic E-state index is 13.0. The van der Waals surface area contributed by atoms with E-state index in [1.807, 2.05) is 37.3 Å². The minimum atomic E-state index is -0.632. The van der Waals surface area contributed by atoms with Crippen LogP contribution in [0.25, 0.3) is 0 Å². The zero-order valence-corrected chi connectivity index (χ0v) is 22.1. The molecule has 0 bridgehead atoms. The van der Waals surface area contributed by atoms with Crippen molar-refractivity contribution in [3.05, 3.63) is 65.7 Å². The van der Waals surface area contributed by atoms with Crippen LogP contribution >= 0.6 is 0 Å². The predicted molar refractivity (Wildman–Crippen MR) is 141 cm³/mol. The van der Waals surface area contributed by atoms with Crippen LogP contribution in [0.3, 0.4) is 0 Å². The second-order valence-electron chi connectivity index (χ2n) is 9.99. The molecule has 0 amide bonds. The van der Waals surface area contributed by atoms with E-state index in [4.69, 9.17) is 9.47 Å². The first-order valence-electron chi connectivity index (χ1n) is 13.2. The minimum absolute atomic E-state index is 0.213. The lowest BCUT2D eigenvalue weighted by atomic mass is 10.0. The van der Waals surface area contributed by atoms with E-state index in [9.17, 15) is 4.79 Å². The van der Waals surface area contributed by atoms with Crippen LogP contribution in [0.5, 0.6) is 5.75 Å². The van der Waals surface area contributed by atoms with E-state index >= 15 is 0 Å². The molecule has 2 unspecified atom stereocenters. The maximum Gasteiger partial charge on any atom is 0.368 e. The molecule has 188 valence electrons. The van der Waals surface area contributed by atoms with Crippen LogP contribution in [0.1, 0.15) is 83.3 Å². The molecule has 0 aromatic heterocycles. The molecule has 2 aromatic carbocycles. The third kappa shape index (κ3) is 9.89. The van der Waals surface area contributed by atoms with Gasteiger partial charge < -0.3 is 14.0 Å². The van der Waals surface area contributed by atoms with Crippen molar-refractivity contribution in [2.75, 3.05) is 14.1 Å². The molecule has 0 aliphatic rings. The summed E-state index contributed by atoms with van der Waals surface area (Å²) in [6, 6.07) is 18.2. The molecule has 0 N–H and O–H groups in total. The Morgan fingerprint density at radius 3 is 2.18 bits per heavy atom. The number of unbranched alkanes of at least 4 members (excludes halogenated alkanes) is 6. The van der Waals surface area contributed by atoms with Gasteiger partial charge in [-0.25, -0.2) is 4.79 Å². The number of hydrogen-bond acceptors (Lipinski definition) is 3. The van der Waals surface area contributed by atoms with Crippen molar-refractivity contribution in [1.82, 2.24) is 0 Å². The third-order valence-corrected chi connectivity index (χ3v) is 6.49. The highest BCUT2D eigenvalue weighted by atomic mass is 16.7. The van der Waals surface area contributed by atoms with Gasteiger partial charge in [-0.2, -0.15) is 0 Å². The zero-order chi connectivity index (χ0) is 24.8. The van der Waals surface area contributed by atoms with Gasteiger partial charge in [0.05, 0.1) is 14.1 Å². The minimum Gasteiger partial charge on any atom is -0.455 e. The summed E-state index contributed by atoms with van der Waals surface area (Å²) < 4.78 is 12.3. The Bertz CT molecular complexity index is 834. The number of rotatable bonds is 16. The van der Waals surface area contributed by atoms with E-state index in [1.54, 1.807) is 6.92 Å². The molecule has 4 nitrogen and oxygen atoms in total. The van der Waals surface area contributed by atoms with Crippen LogP contribution in [-0.2, 0) is 22.5 Å². The maximum atomic E-state index is 13.0. The van der Waals surface area contributed by atoms with Crippen molar-refractivity contribution in [1.29, 1.82) is 0 Å². The van der Waals surface area contributed by atoms with E-state index in [2.05, 4.69) is 45.3 Å². The Morgan fingerprint density at radius 2 is 1.50 bits per heavy atom. The smallest absolute Gasteiger partial charge is 0.368 e. The Morgan fingerprint density at radius 1 is 0.853 bits per heavy atom. The first kappa shape index (κ1) is 27.9. The molecule has 0 fully saturated rings. The molecular formula is C30H46NO3+. The van der Waals surface area contributed by atoms with Crippen LogP contribution < -0.4 is 4.74 Å². The van der Waals surface area contributed by atoms with Crippen molar-refractivity contribution >= 4 is 5.97 Å². The van der Waals surface area contributed by atoms with Crippen LogP contribution in [0.15, 0.2) is 54.6 Å². The third-order valence-electron chi connectivity index (χ3n) is 6.49. The number of nitrogens with zero attached hydrogens (tertiary/aromatic N) is 1. The first-order valence-corrected chi connectivity index (χ1v) is 13.2. The lowest BCUT2D eigenvalue weighted by Gasteiger charge is -2.36. The molecule has 0 spiro atoms. The van der Waals surface area contributed by atoms with Crippen molar-refractivity contribution in [2.45, 2.75) is 97.4 Å². The van der Waals surface area contributed by atoms with Crippen LogP contribution in [0.4, 0.5) is 0 Å². The van der Waals surface area contributed by atoms with Gasteiger partial charge in [-0.1, -0.05) is 94.8 Å². The summed E-state index contributed by atoms with van der Waals surface area (Å²) in [4.78, 5) is 13.0. The number of ether oxygens (including phenoxy) is 2. The molecule has 34 heavy (non-hydrogen) atoms. The standard InChI is InChI=1S/C30H46NO3/c1-6-8-9-10-11-12-14-18-26-21-17-22-28(23-26)33-25(3)34-30(32)29(7-2)31(4,5)24-27-19-15-13-16-20-27/h13,15-17,19-23,25,29H,6-12,14,18,24H2,1-5H3/q+1. The van der Waals surface area contributed by atoms with Crippen LogP contribution in [0.2, 0.25) is 0 Å². The number of carbonyl (C=O) groups is 1. The molecule has 0 aliphatic heterocycles. The Kier molecular flexibility index (Phi) is 12.2. The van der Waals surface area contributed by atoms with E-state index in [0.717, 1.165) is 18.7 Å². The Labute approximate surface area is 207 Å². The second kappa shape index (κ2) is 14.8. The number of quaternary nitrogens is 1. The van der Waals surface area contributed by atoms with Crippen molar-refractivity contribution in [3.8, 4) is 5.75 Å². The number of aryl methyl sites for hydroxylation is 1. The molecule has 0 heterocycles. The molecule has 2 atom stereocenters. The van der Waals surface area contributed by atoms with Crippen LogP contribution in [0, 0.1) is 0 Å². The number of benzene rings is 2. The second-order valence-corrected chi connectivity index (χ2v) is 9.99. The number of hydrogen-bond donors (Lipinski definition) is 0. The molecule has 4 heteroatoms. The average molecular weight is 469 g/mol. The summed E-state index contributed by atoms with van der Waals surface area (Å²) in [6.07, 6.45) is 10.3. The Hall–Kier alpha value is -2.33. The fourth-order valence-electron chi connectivity index (χ4n) is 4.63. The van der Waals surface area contributed by atoms with Crippen molar-refractivity contribution in [3.63, 3.8) is 0 Å².